The minimum Gasteiger partial charge on any atom is -0.271 e. The molecule has 4 aromatic carbocycles. The van der Waals surface area contributed by atoms with Crippen LogP contribution < -0.4 is 0 Å². The molecular weight excluding hydrogens is 374 g/mol. The summed E-state index contributed by atoms with van der Waals surface area (Å²) >= 11 is 0. The summed E-state index contributed by atoms with van der Waals surface area (Å²) in [6, 6.07) is 40.4. The van der Waals surface area contributed by atoms with Gasteiger partial charge in [-0.2, -0.15) is 0 Å². The lowest BCUT2D eigenvalue weighted by Gasteiger charge is -2.21. The first-order chi connectivity index (χ1) is 15.0. The largest absolute Gasteiger partial charge is 0.271 e. The monoisotopic (exact) mass is 403 g/mol. The van der Waals surface area contributed by atoms with Crippen LogP contribution in [-0.2, 0) is 5.41 Å². The van der Waals surface area contributed by atoms with Crippen LogP contribution in [-0.4, -0.2) is 5.71 Å². The fourth-order valence-corrected chi connectivity index (χ4v) is 3.78. The van der Waals surface area contributed by atoms with E-state index in [0.29, 0.717) is 0 Å². The summed E-state index contributed by atoms with van der Waals surface area (Å²) in [5.41, 5.74) is 7.11. The van der Waals surface area contributed by atoms with Crippen LogP contribution in [0, 0.1) is 0 Å². The van der Waals surface area contributed by atoms with Gasteiger partial charge in [-0.25, -0.2) is 0 Å². The molecule has 0 saturated heterocycles. The van der Waals surface area contributed by atoms with E-state index in [1.54, 1.807) is 0 Å². The molecule has 1 atom stereocenters. The van der Waals surface area contributed by atoms with E-state index in [9.17, 15) is 0 Å². The van der Waals surface area contributed by atoms with Crippen molar-refractivity contribution in [2.75, 3.05) is 0 Å². The Morgan fingerprint density at radius 1 is 0.548 bits per heavy atom. The smallest absolute Gasteiger partial charge is 0.101 e. The van der Waals surface area contributed by atoms with Crippen molar-refractivity contribution in [3.63, 3.8) is 0 Å². The van der Waals surface area contributed by atoms with E-state index in [-0.39, 0.29) is 11.5 Å². The van der Waals surface area contributed by atoms with Crippen molar-refractivity contribution >= 4 is 5.71 Å². The van der Waals surface area contributed by atoms with Gasteiger partial charge < -0.3 is 0 Å². The first-order valence-electron chi connectivity index (χ1n) is 10.9. The molecule has 0 fully saturated rings. The molecule has 0 spiro atoms. The maximum absolute atomic E-state index is 5.37. The fourth-order valence-electron chi connectivity index (χ4n) is 3.78. The molecule has 0 heterocycles. The van der Waals surface area contributed by atoms with E-state index in [0.717, 1.165) is 16.8 Å². The topological polar surface area (TPSA) is 12.4 Å². The third-order valence-electron chi connectivity index (χ3n) is 5.56. The lowest BCUT2D eigenvalue weighted by atomic mass is 9.86. The van der Waals surface area contributed by atoms with E-state index in [2.05, 4.69) is 124 Å². The van der Waals surface area contributed by atoms with Crippen LogP contribution in [0.4, 0.5) is 0 Å². The summed E-state index contributed by atoms with van der Waals surface area (Å²) < 4.78 is 0. The molecule has 4 rings (SSSR count). The third kappa shape index (κ3) is 5.00. The minimum absolute atomic E-state index is 0.0781. The summed E-state index contributed by atoms with van der Waals surface area (Å²) in [4.78, 5) is 5.37. The van der Waals surface area contributed by atoms with Crippen molar-refractivity contribution in [3.8, 4) is 0 Å². The van der Waals surface area contributed by atoms with Gasteiger partial charge in [0, 0.05) is 11.1 Å². The van der Waals surface area contributed by atoms with Gasteiger partial charge in [-0.1, -0.05) is 136 Å². The van der Waals surface area contributed by atoms with Gasteiger partial charge in [0.15, 0.2) is 0 Å². The second-order valence-corrected chi connectivity index (χ2v) is 8.89. The van der Waals surface area contributed by atoms with Gasteiger partial charge in [0.2, 0.25) is 0 Å². The summed E-state index contributed by atoms with van der Waals surface area (Å²) in [6.07, 6.45) is 0. The molecule has 0 bridgehead atoms. The Morgan fingerprint density at radius 2 is 0.968 bits per heavy atom. The van der Waals surface area contributed by atoms with Crippen LogP contribution >= 0.6 is 0 Å². The van der Waals surface area contributed by atoms with Gasteiger partial charge >= 0.3 is 0 Å². The highest BCUT2D eigenvalue weighted by Crippen LogP contribution is 2.30. The van der Waals surface area contributed by atoms with Crippen LogP contribution in [0.2, 0.25) is 0 Å². The SMILES string of the molecule is CC(C)(C)c1ccc(C(N=C(c2ccccc2)c2ccccc2)c2ccccc2)cc1. The number of hydrogen-bond donors (Lipinski definition) is 0. The average Bonchev–Trinajstić information content (AvgIpc) is 2.81. The number of hydrogen-bond acceptors (Lipinski definition) is 1. The Labute approximate surface area is 186 Å². The Morgan fingerprint density at radius 3 is 1.42 bits per heavy atom. The van der Waals surface area contributed by atoms with Crippen molar-refractivity contribution in [2.45, 2.75) is 32.2 Å². The number of aliphatic imine (C=N–C) groups is 1. The maximum atomic E-state index is 5.37. The van der Waals surface area contributed by atoms with Crippen molar-refractivity contribution in [2.24, 2.45) is 4.99 Å². The second kappa shape index (κ2) is 9.14. The predicted octanol–water partition coefficient (Wildman–Crippen LogP) is 7.61. The summed E-state index contributed by atoms with van der Waals surface area (Å²) in [5, 5.41) is 0. The molecule has 0 aliphatic heterocycles. The number of nitrogens with zero attached hydrogens (tertiary/aromatic N) is 1. The molecule has 0 amide bonds. The Balaban J connectivity index is 1.87. The van der Waals surface area contributed by atoms with Crippen LogP contribution in [0.1, 0.15) is 54.6 Å². The van der Waals surface area contributed by atoms with E-state index >= 15 is 0 Å². The number of rotatable bonds is 5. The predicted molar refractivity (Wildman–Crippen MR) is 132 cm³/mol. The van der Waals surface area contributed by atoms with Crippen molar-refractivity contribution in [3.05, 3.63) is 143 Å². The van der Waals surface area contributed by atoms with E-state index < -0.39 is 0 Å². The van der Waals surface area contributed by atoms with Crippen LogP contribution in [0.15, 0.2) is 120 Å². The normalized spacial score (nSPS) is 12.2. The molecule has 31 heavy (non-hydrogen) atoms. The summed E-state index contributed by atoms with van der Waals surface area (Å²) in [5.74, 6) is 0. The number of benzene rings is 4. The Hall–Kier alpha value is -3.45. The Bertz CT molecular complexity index is 1080. The molecular formula is C30H29N. The highest BCUT2D eigenvalue weighted by molar-refractivity contribution is 6.13. The molecule has 1 heteroatoms. The molecule has 0 aromatic heterocycles. The zero-order valence-corrected chi connectivity index (χ0v) is 18.5. The van der Waals surface area contributed by atoms with Crippen LogP contribution in [0.5, 0.6) is 0 Å². The molecule has 0 aliphatic carbocycles. The van der Waals surface area contributed by atoms with Crippen molar-refractivity contribution < 1.29 is 0 Å². The van der Waals surface area contributed by atoms with Crippen LogP contribution in [0.3, 0.4) is 0 Å². The first kappa shape index (κ1) is 20.8. The highest BCUT2D eigenvalue weighted by atomic mass is 14.8. The lowest BCUT2D eigenvalue weighted by Crippen LogP contribution is -2.12. The van der Waals surface area contributed by atoms with Gasteiger partial charge in [-0.15, -0.1) is 0 Å². The van der Waals surface area contributed by atoms with Gasteiger partial charge in [0.05, 0.1) is 5.71 Å². The van der Waals surface area contributed by atoms with E-state index in [1.165, 1.54) is 16.7 Å². The summed E-state index contributed by atoms with van der Waals surface area (Å²) in [6.45, 7) is 6.74. The van der Waals surface area contributed by atoms with E-state index in [1.807, 2.05) is 12.1 Å². The Kier molecular flexibility index (Phi) is 6.13. The zero-order valence-electron chi connectivity index (χ0n) is 18.5. The molecule has 0 radical (unpaired) electrons. The van der Waals surface area contributed by atoms with Gasteiger partial charge in [-0.3, -0.25) is 4.99 Å². The molecule has 1 unspecified atom stereocenters. The standard InChI is InChI=1S/C30H29N/c1-30(2,3)27-21-19-26(20-22-27)29(25-17-11-6-12-18-25)31-28(23-13-7-4-8-14-23)24-15-9-5-10-16-24/h4-22,29H,1-3H3. The molecule has 154 valence electrons. The zero-order chi connectivity index (χ0) is 21.7. The van der Waals surface area contributed by atoms with Gasteiger partial charge in [0.1, 0.15) is 6.04 Å². The van der Waals surface area contributed by atoms with Gasteiger partial charge in [0.25, 0.3) is 0 Å². The lowest BCUT2D eigenvalue weighted by molar-refractivity contribution is 0.589. The fraction of sp³-hybridized carbons (Fsp3) is 0.167. The van der Waals surface area contributed by atoms with Gasteiger partial charge in [-0.05, 0) is 22.1 Å². The van der Waals surface area contributed by atoms with Crippen LogP contribution in [0.25, 0.3) is 0 Å². The average molecular weight is 404 g/mol. The maximum Gasteiger partial charge on any atom is 0.101 e. The molecule has 1 nitrogen and oxygen atoms in total. The first-order valence-corrected chi connectivity index (χ1v) is 10.9. The molecule has 4 aromatic rings. The minimum atomic E-state index is -0.0781. The van der Waals surface area contributed by atoms with E-state index in [4.69, 9.17) is 4.99 Å². The quantitative estimate of drug-likeness (QED) is 0.304. The second-order valence-electron chi connectivity index (χ2n) is 8.89. The summed E-state index contributed by atoms with van der Waals surface area (Å²) in [7, 11) is 0. The van der Waals surface area contributed by atoms with Crippen molar-refractivity contribution in [1.82, 2.24) is 0 Å². The third-order valence-corrected chi connectivity index (χ3v) is 5.56. The van der Waals surface area contributed by atoms with Crippen molar-refractivity contribution in [1.29, 1.82) is 0 Å². The molecule has 0 aliphatic rings. The molecule has 0 saturated carbocycles. The molecule has 0 N–H and O–H groups in total. The highest BCUT2D eigenvalue weighted by Gasteiger charge is 2.18.